The van der Waals surface area contributed by atoms with Gasteiger partial charge in [0.2, 0.25) is 0 Å². The topological polar surface area (TPSA) is 61.7 Å². The fourth-order valence-electron chi connectivity index (χ4n) is 1.66. The van der Waals surface area contributed by atoms with Crippen LogP contribution in [0.25, 0.3) is 11.3 Å². The van der Waals surface area contributed by atoms with E-state index in [1.54, 1.807) is 0 Å². The highest BCUT2D eigenvalue weighted by Crippen LogP contribution is 2.37. The number of nitrogens with two attached hydrogens (primary N) is 1. The number of nitrogens with zero attached hydrogens (tertiary/aromatic N) is 4. The van der Waals surface area contributed by atoms with Crippen molar-refractivity contribution >= 4 is 5.69 Å². The molecule has 0 saturated carbocycles. The Hall–Kier alpha value is -1.99. The van der Waals surface area contributed by atoms with Crippen LogP contribution in [0.4, 0.5) is 18.9 Å². The predicted molar refractivity (Wildman–Crippen MR) is 54.8 cm³/mol. The molecule has 8 heteroatoms. The minimum atomic E-state index is -4.52. The third-order valence-corrected chi connectivity index (χ3v) is 2.32. The van der Waals surface area contributed by atoms with Gasteiger partial charge in [-0.1, -0.05) is 0 Å². The molecule has 2 N–H and O–H groups in total. The number of alkyl halides is 3. The second kappa shape index (κ2) is 3.51. The molecule has 2 rings (SSSR count). The Kier molecular flexibility index (Phi) is 2.37. The predicted octanol–water partition coefficient (Wildman–Crippen LogP) is 1.42. The van der Waals surface area contributed by atoms with Crippen molar-refractivity contribution in [2.45, 2.75) is 6.18 Å². The summed E-state index contributed by atoms with van der Waals surface area (Å²) in [6.07, 6.45) is -1.94. The lowest BCUT2D eigenvalue weighted by Gasteiger charge is -2.06. The molecule has 5 nitrogen and oxygen atoms in total. The Bertz CT molecular complexity index is 532. The van der Waals surface area contributed by atoms with E-state index in [1.807, 2.05) is 0 Å². The van der Waals surface area contributed by atoms with E-state index in [9.17, 15) is 13.2 Å². The Labute approximate surface area is 94.6 Å². The van der Waals surface area contributed by atoms with Crippen molar-refractivity contribution in [2.75, 3.05) is 5.73 Å². The van der Waals surface area contributed by atoms with Crippen LogP contribution in [0.15, 0.2) is 12.4 Å². The SMILES string of the molecule is Cn1cc(-c2c(N)cnn2C)c(C(F)(F)F)n1. The van der Waals surface area contributed by atoms with Gasteiger partial charge in [-0.25, -0.2) is 0 Å². The van der Waals surface area contributed by atoms with Crippen LogP contribution in [0.2, 0.25) is 0 Å². The summed E-state index contributed by atoms with van der Waals surface area (Å²) in [5, 5.41) is 7.23. The van der Waals surface area contributed by atoms with Gasteiger partial charge in [-0.3, -0.25) is 9.36 Å². The number of aromatic nitrogens is 4. The molecule has 0 aliphatic rings. The fraction of sp³-hybridized carbons (Fsp3) is 0.333. The van der Waals surface area contributed by atoms with Crippen LogP contribution < -0.4 is 5.73 Å². The molecule has 0 unspecified atom stereocenters. The van der Waals surface area contributed by atoms with Crippen molar-refractivity contribution in [3.8, 4) is 11.3 Å². The average molecular weight is 245 g/mol. The van der Waals surface area contributed by atoms with Gasteiger partial charge in [0, 0.05) is 20.3 Å². The highest BCUT2D eigenvalue weighted by Gasteiger charge is 2.38. The summed E-state index contributed by atoms with van der Waals surface area (Å²) in [7, 11) is 2.95. The number of hydrogen-bond donors (Lipinski definition) is 1. The standard InChI is InChI=1S/C9H10F3N5/c1-16-4-5(8(15-16)9(10,11)12)7-6(13)3-14-17(7)2/h3-4H,13H2,1-2H3. The van der Waals surface area contributed by atoms with Crippen LogP contribution in [-0.4, -0.2) is 19.6 Å². The molecule has 0 aliphatic carbocycles. The van der Waals surface area contributed by atoms with Crippen molar-refractivity contribution in [1.29, 1.82) is 0 Å². The number of nitrogen functional groups attached to an aromatic ring is 1. The van der Waals surface area contributed by atoms with Crippen LogP contribution in [0.5, 0.6) is 0 Å². The van der Waals surface area contributed by atoms with Crippen molar-refractivity contribution in [3.63, 3.8) is 0 Å². The van der Waals surface area contributed by atoms with Gasteiger partial charge in [0.15, 0.2) is 5.69 Å². The summed E-state index contributed by atoms with van der Waals surface area (Å²) < 4.78 is 40.7. The molecule has 2 aromatic heterocycles. The molecule has 2 aromatic rings. The van der Waals surface area contributed by atoms with Crippen molar-refractivity contribution in [3.05, 3.63) is 18.1 Å². The average Bonchev–Trinajstić information content (AvgIpc) is 2.69. The summed E-state index contributed by atoms with van der Waals surface area (Å²) >= 11 is 0. The van der Waals surface area contributed by atoms with E-state index in [1.165, 1.54) is 31.2 Å². The Morgan fingerprint density at radius 1 is 1.29 bits per heavy atom. The van der Waals surface area contributed by atoms with E-state index >= 15 is 0 Å². The molecule has 0 fully saturated rings. The lowest BCUT2D eigenvalue weighted by Crippen LogP contribution is -2.09. The zero-order valence-corrected chi connectivity index (χ0v) is 9.15. The van der Waals surface area contributed by atoms with Crippen molar-refractivity contribution in [1.82, 2.24) is 19.6 Å². The molecule has 0 bridgehead atoms. The Morgan fingerprint density at radius 3 is 2.41 bits per heavy atom. The van der Waals surface area contributed by atoms with Crippen LogP contribution in [0.3, 0.4) is 0 Å². The van der Waals surface area contributed by atoms with E-state index in [0.717, 1.165) is 4.68 Å². The van der Waals surface area contributed by atoms with Gasteiger partial charge < -0.3 is 5.73 Å². The molecule has 2 heterocycles. The minimum Gasteiger partial charge on any atom is -0.396 e. The summed E-state index contributed by atoms with van der Waals surface area (Å²) in [4.78, 5) is 0. The van der Waals surface area contributed by atoms with Gasteiger partial charge in [-0.05, 0) is 0 Å². The summed E-state index contributed by atoms with van der Waals surface area (Å²) in [5.41, 5.74) is 4.97. The van der Waals surface area contributed by atoms with Gasteiger partial charge in [0.1, 0.15) is 0 Å². The molecule has 0 saturated heterocycles. The number of rotatable bonds is 1. The molecular weight excluding hydrogens is 235 g/mol. The first-order valence-electron chi connectivity index (χ1n) is 4.69. The first kappa shape index (κ1) is 11.5. The summed E-state index contributed by atoms with van der Waals surface area (Å²) in [5.74, 6) is 0. The first-order chi connectivity index (χ1) is 7.80. The molecule has 0 atom stereocenters. The lowest BCUT2D eigenvalue weighted by atomic mass is 10.1. The molecular formula is C9H10F3N5. The fourth-order valence-corrected chi connectivity index (χ4v) is 1.66. The van der Waals surface area contributed by atoms with Gasteiger partial charge in [0.25, 0.3) is 0 Å². The normalized spacial score (nSPS) is 12.1. The molecule has 0 radical (unpaired) electrons. The van der Waals surface area contributed by atoms with E-state index in [-0.39, 0.29) is 16.9 Å². The molecule has 92 valence electrons. The lowest BCUT2D eigenvalue weighted by molar-refractivity contribution is -0.141. The molecule has 0 aliphatic heterocycles. The van der Waals surface area contributed by atoms with E-state index in [2.05, 4.69) is 10.2 Å². The minimum absolute atomic E-state index is 0.0718. The maximum atomic E-state index is 12.8. The van der Waals surface area contributed by atoms with E-state index in [4.69, 9.17) is 5.73 Å². The number of halogens is 3. The van der Waals surface area contributed by atoms with Crippen LogP contribution in [0.1, 0.15) is 5.69 Å². The summed E-state index contributed by atoms with van der Waals surface area (Å²) in [6.45, 7) is 0. The molecule has 0 amide bonds. The van der Waals surface area contributed by atoms with Gasteiger partial charge in [-0.15, -0.1) is 0 Å². The van der Waals surface area contributed by atoms with Crippen molar-refractivity contribution in [2.24, 2.45) is 14.1 Å². The highest BCUT2D eigenvalue weighted by molar-refractivity contribution is 5.74. The second-order valence-corrected chi connectivity index (χ2v) is 3.63. The highest BCUT2D eigenvalue weighted by atomic mass is 19.4. The molecule has 0 aromatic carbocycles. The zero-order chi connectivity index (χ0) is 12.8. The number of anilines is 1. The number of aryl methyl sites for hydroxylation is 2. The van der Waals surface area contributed by atoms with E-state index < -0.39 is 11.9 Å². The number of hydrogen-bond acceptors (Lipinski definition) is 3. The molecule has 17 heavy (non-hydrogen) atoms. The van der Waals surface area contributed by atoms with Crippen LogP contribution in [-0.2, 0) is 20.3 Å². The first-order valence-corrected chi connectivity index (χ1v) is 4.69. The van der Waals surface area contributed by atoms with Gasteiger partial charge >= 0.3 is 6.18 Å². The largest absolute Gasteiger partial charge is 0.435 e. The summed E-state index contributed by atoms with van der Waals surface area (Å²) in [6, 6.07) is 0. The van der Waals surface area contributed by atoms with Crippen molar-refractivity contribution < 1.29 is 13.2 Å². The maximum Gasteiger partial charge on any atom is 0.435 e. The zero-order valence-electron chi connectivity index (χ0n) is 9.15. The van der Waals surface area contributed by atoms with Gasteiger partial charge in [-0.2, -0.15) is 23.4 Å². The molecule has 0 spiro atoms. The van der Waals surface area contributed by atoms with Crippen LogP contribution >= 0.6 is 0 Å². The smallest absolute Gasteiger partial charge is 0.396 e. The maximum absolute atomic E-state index is 12.8. The third-order valence-electron chi connectivity index (χ3n) is 2.32. The van der Waals surface area contributed by atoms with Gasteiger partial charge in [0.05, 0.1) is 23.1 Å². The van der Waals surface area contributed by atoms with E-state index in [0.29, 0.717) is 0 Å². The quantitative estimate of drug-likeness (QED) is 0.826. The van der Waals surface area contributed by atoms with Crippen LogP contribution in [0, 0.1) is 0 Å². The second-order valence-electron chi connectivity index (χ2n) is 3.63. The monoisotopic (exact) mass is 245 g/mol. The Balaban J connectivity index is 2.68. The third kappa shape index (κ3) is 1.85. The Morgan fingerprint density at radius 2 is 1.94 bits per heavy atom.